The number of carbonyl (C=O) groups is 1. The first-order valence-electron chi connectivity index (χ1n) is 11.8. The van der Waals surface area contributed by atoms with Crippen molar-refractivity contribution in [1.82, 2.24) is 35.1 Å². The number of tetrazole rings is 1. The normalized spacial score (nSPS) is 14.2. The predicted octanol–water partition coefficient (Wildman–Crippen LogP) is 4.92. The van der Waals surface area contributed by atoms with Crippen molar-refractivity contribution in [3.63, 3.8) is 0 Å². The molecule has 0 atom stereocenters. The lowest BCUT2D eigenvalue weighted by atomic mass is 9.94. The first-order chi connectivity index (χ1) is 17.5. The number of aliphatic hydroxyl groups is 1. The van der Waals surface area contributed by atoms with E-state index in [9.17, 15) is 9.90 Å². The lowest BCUT2D eigenvalue weighted by Gasteiger charge is -2.31. The summed E-state index contributed by atoms with van der Waals surface area (Å²) in [7, 11) is 1.81. The molecule has 9 nitrogen and oxygen atoms in total. The van der Waals surface area contributed by atoms with Gasteiger partial charge in [0, 0.05) is 34.9 Å². The Labute approximate surface area is 218 Å². The molecule has 0 saturated heterocycles. The van der Waals surface area contributed by atoms with Crippen LogP contribution < -0.4 is 0 Å². The molecule has 1 saturated carbocycles. The van der Waals surface area contributed by atoms with Crippen LogP contribution in [0.25, 0.3) is 28.5 Å². The van der Waals surface area contributed by atoms with Crippen molar-refractivity contribution in [2.24, 2.45) is 0 Å². The molecule has 1 amide bonds. The van der Waals surface area contributed by atoms with Crippen LogP contribution in [-0.4, -0.2) is 59.2 Å². The third-order valence-electron chi connectivity index (χ3n) is 6.68. The Bertz CT molecular complexity index is 1360. The summed E-state index contributed by atoms with van der Waals surface area (Å²) in [4.78, 5) is 20.2. The lowest BCUT2D eigenvalue weighted by molar-refractivity contribution is 0.0687. The number of aromatic amines is 1. The summed E-state index contributed by atoms with van der Waals surface area (Å²) in [5.74, 6) is 0.746. The van der Waals surface area contributed by atoms with Gasteiger partial charge in [0.15, 0.2) is 11.5 Å². The van der Waals surface area contributed by atoms with E-state index in [1.165, 1.54) is 6.42 Å². The molecule has 0 unspecified atom stereocenters. The van der Waals surface area contributed by atoms with Crippen LogP contribution >= 0.6 is 23.2 Å². The van der Waals surface area contributed by atoms with Crippen LogP contribution in [0.2, 0.25) is 10.0 Å². The molecule has 0 aliphatic heterocycles. The number of hydrogen-bond acceptors (Lipinski definition) is 6. The number of halogens is 2. The summed E-state index contributed by atoms with van der Waals surface area (Å²) in [5.41, 5.74) is 2.67. The van der Waals surface area contributed by atoms with Gasteiger partial charge < -0.3 is 10.0 Å². The topological polar surface area (TPSA) is 113 Å². The van der Waals surface area contributed by atoms with E-state index in [1.807, 2.05) is 31.3 Å². The second-order valence-corrected chi connectivity index (χ2v) is 9.70. The number of rotatable bonds is 6. The highest BCUT2D eigenvalue weighted by Gasteiger charge is 2.30. The SMILES string of the molecule is CN(C(=O)c1nc(-c2ccc(Cl)cc2Cl)n(-c2ccc(-c3nnn[nH]3)cc2)c1CO)C1CCCCC1. The molecular weight excluding hydrogens is 501 g/mol. The van der Waals surface area contributed by atoms with Gasteiger partial charge in [-0.05, 0) is 65.7 Å². The number of imidazole rings is 1. The van der Waals surface area contributed by atoms with E-state index in [-0.39, 0.29) is 24.2 Å². The molecule has 4 aromatic rings. The molecule has 0 bridgehead atoms. The second-order valence-electron chi connectivity index (χ2n) is 8.85. The molecule has 1 aliphatic carbocycles. The van der Waals surface area contributed by atoms with Gasteiger partial charge in [-0.15, -0.1) is 5.10 Å². The fourth-order valence-corrected chi connectivity index (χ4v) is 5.24. The van der Waals surface area contributed by atoms with Crippen LogP contribution in [-0.2, 0) is 6.61 Å². The maximum atomic E-state index is 13.7. The number of amides is 1. The molecule has 2 aromatic carbocycles. The standard InChI is InChI=1S/C25H25Cl2N7O2/c1-33(17-5-3-2-4-6-17)25(36)22-21(14-35)34(24(28-22)19-12-9-16(26)13-20(19)27)18-10-7-15(8-11-18)23-29-31-32-30-23/h7-13,17,35H,2-6,14H2,1H3,(H,29,30,31,32). The maximum absolute atomic E-state index is 13.7. The smallest absolute Gasteiger partial charge is 0.274 e. The van der Waals surface area contributed by atoms with Crippen LogP contribution in [0.1, 0.15) is 48.3 Å². The minimum Gasteiger partial charge on any atom is -0.390 e. The zero-order valence-electron chi connectivity index (χ0n) is 19.7. The van der Waals surface area contributed by atoms with E-state index in [1.54, 1.807) is 27.7 Å². The summed E-state index contributed by atoms with van der Waals surface area (Å²) in [5, 5.41) is 25.3. The Hall–Kier alpha value is -3.27. The van der Waals surface area contributed by atoms with Crippen molar-refractivity contribution in [3.05, 3.63) is 63.9 Å². The first kappa shape index (κ1) is 24.4. The molecule has 2 aromatic heterocycles. The van der Waals surface area contributed by atoms with E-state index in [4.69, 9.17) is 28.2 Å². The molecule has 186 valence electrons. The fourth-order valence-electron chi connectivity index (χ4n) is 4.75. The van der Waals surface area contributed by atoms with Crippen LogP contribution in [0.4, 0.5) is 0 Å². The minimum absolute atomic E-state index is 0.153. The van der Waals surface area contributed by atoms with Gasteiger partial charge in [0.05, 0.1) is 17.3 Å². The quantitative estimate of drug-likeness (QED) is 0.369. The number of aromatic nitrogens is 6. The third kappa shape index (κ3) is 4.61. The molecule has 0 spiro atoms. The number of H-pyrrole nitrogens is 1. The van der Waals surface area contributed by atoms with Gasteiger partial charge in [-0.3, -0.25) is 9.36 Å². The van der Waals surface area contributed by atoms with E-state index in [2.05, 4.69) is 20.6 Å². The van der Waals surface area contributed by atoms with Crippen molar-refractivity contribution in [3.8, 4) is 28.5 Å². The highest BCUT2D eigenvalue weighted by molar-refractivity contribution is 6.36. The van der Waals surface area contributed by atoms with Crippen molar-refractivity contribution >= 4 is 29.1 Å². The average molecular weight is 526 g/mol. The van der Waals surface area contributed by atoms with Gasteiger partial charge >= 0.3 is 0 Å². The molecule has 5 rings (SSSR count). The molecule has 11 heteroatoms. The Morgan fingerprint density at radius 3 is 2.53 bits per heavy atom. The number of aliphatic hydroxyl groups excluding tert-OH is 1. The van der Waals surface area contributed by atoms with Crippen molar-refractivity contribution < 1.29 is 9.90 Å². The maximum Gasteiger partial charge on any atom is 0.274 e. The predicted molar refractivity (Wildman–Crippen MR) is 137 cm³/mol. The number of nitrogens with one attached hydrogen (secondary N) is 1. The molecule has 2 heterocycles. The van der Waals surface area contributed by atoms with E-state index in [0.717, 1.165) is 31.2 Å². The lowest BCUT2D eigenvalue weighted by Crippen LogP contribution is -2.38. The number of carbonyl (C=O) groups excluding carboxylic acids is 1. The third-order valence-corrected chi connectivity index (χ3v) is 7.23. The summed E-state index contributed by atoms with van der Waals surface area (Å²) in [6, 6.07) is 12.7. The summed E-state index contributed by atoms with van der Waals surface area (Å²) in [6.07, 6.45) is 5.31. The van der Waals surface area contributed by atoms with Gasteiger partial charge in [0.1, 0.15) is 5.82 Å². The van der Waals surface area contributed by atoms with Crippen molar-refractivity contribution in [2.45, 2.75) is 44.8 Å². The molecular formula is C25H25Cl2N7O2. The zero-order chi connectivity index (χ0) is 25.2. The molecule has 36 heavy (non-hydrogen) atoms. The molecule has 1 fully saturated rings. The van der Waals surface area contributed by atoms with E-state index in [0.29, 0.717) is 38.6 Å². The Kier molecular flexibility index (Phi) is 7.04. The zero-order valence-corrected chi connectivity index (χ0v) is 21.2. The van der Waals surface area contributed by atoms with Crippen molar-refractivity contribution in [1.29, 1.82) is 0 Å². The van der Waals surface area contributed by atoms with Crippen LogP contribution in [0, 0.1) is 0 Å². The summed E-state index contributed by atoms with van der Waals surface area (Å²) in [6.45, 7) is -0.383. The summed E-state index contributed by atoms with van der Waals surface area (Å²) < 4.78 is 1.76. The first-order valence-corrected chi connectivity index (χ1v) is 12.5. The van der Waals surface area contributed by atoms with Gasteiger partial charge in [-0.2, -0.15) is 0 Å². The Morgan fingerprint density at radius 1 is 1.14 bits per heavy atom. The van der Waals surface area contributed by atoms with Gasteiger partial charge in [-0.25, -0.2) is 10.1 Å². The number of benzene rings is 2. The summed E-state index contributed by atoms with van der Waals surface area (Å²) >= 11 is 12.7. The molecule has 0 radical (unpaired) electrons. The monoisotopic (exact) mass is 525 g/mol. The second kappa shape index (κ2) is 10.4. The molecule has 1 aliphatic rings. The number of nitrogens with zero attached hydrogens (tertiary/aromatic N) is 6. The minimum atomic E-state index is -0.383. The van der Waals surface area contributed by atoms with Crippen LogP contribution in [0.3, 0.4) is 0 Å². The highest BCUT2D eigenvalue weighted by atomic mass is 35.5. The Balaban J connectivity index is 1.63. The number of hydrogen-bond donors (Lipinski definition) is 2. The van der Waals surface area contributed by atoms with Crippen LogP contribution in [0.5, 0.6) is 0 Å². The van der Waals surface area contributed by atoms with E-state index < -0.39 is 0 Å². The molecule has 2 N–H and O–H groups in total. The van der Waals surface area contributed by atoms with Crippen molar-refractivity contribution in [2.75, 3.05) is 7.05 Å². The van der Waals surface area contributed by atoms with Gasteiger partial charge in [0.2, 0.25) is 0 Å². The van der Waals surface area contributed by atoms with Gasteiger partial charge in [0.25, 0.3) is 5.91 Å². The fraction of sp³-hybridized carbons (Fsp3) is 0.320. The Morgan fingerprint density at radius 2 is 1.89 bits per heavy atom. The largest absolute Gasteiger partial charge is 0.390 e. The van der Waals surface area contributed by atoms with Gasteiger partial charge in [-0.1, -0.05) is 42.5 Å². The van der Waals surface area contributed by atoms with Crippen LogP contribution in [0.15, 0.2) is 42.5 Å². The average Bonchev–Trinajstić information content (AvgIpc) is 3.57. The highest BCUT2D eigenvalue weighted by Crippen LogP contribution is 2.34. The van der Waals surface area contributed by atoms with E-state index >= 15 is 0 Å².